The first kappa shape index (κ1) is 19.3. The van der Waals surface area contributed by atoms with Crippen LogP contribution in [0.25, 0.3) is 11.3 Å². The first-order chi connectivity index (χ1) is 14.0. The topological polar surface area (TPSA) is 91.0 Å². The summed E-state index contributed by atoms with van der Waals surface area (Å²) in [5, 5.41) is 9.04. The number of methoxy groups -OCH3 is 1. The van der Waals surface area contributed by atoms with E-state index in [-0.39, 0.29) is 12.2 Å². The maximum absolute atomic E-state index is 13.6. The zero-order valence-corrected chi connectivity index (χ0v) is 16.7. The molecule has 2 aromatic heterocycles. The van der Waals surface area contributed by atoms with Gasteiger partial charge < -0.3 is 10.1 Å². The van der Waals surface area contributed by atoms with Crippen LogP contribution in [-0.2, 0) is 24.3 Å². The third kappa shape index (κ3) is 4.07. The van der Waals surface area contributed by atoms with Crippen LogP contribution in [0.2, 0.25) is 0 Å². The highest BCUT2D eigenvalue weighted by atomic mass is 32.1. The maximum atomic E-state index is 13.6. The van der Waals surface area contributed by atoms with E-state index in [1.54, 1.807) is 9.95 Å². The van der Waals surface area contributed by atoms with Gasteiger partial charge in [0.2, 0.25) is 5.91 Å². The van der Waals surface area contributed by atoms with Gasteiger partial charge in [-0.3, -0.25) is 9.36 Å². The summed E-state index contributed by atoms with van der Waals surface area (Å²) in [6.45, 7) is 0.456. The molecule has 8 nitrogen and oxygen atoms in total. The fourth-order valence-corrected chi connectivity index (χ4v) is 4.09. The van der Waals surface area contributed by atoms with Crippen molar-refractivity contribution in [1.82, 2.24) is 19.3 Å². The normalized spacial score (nSPS) is 13.6. The third-order valence-corrected chi connectivity index (χ3v) is 5.52. The largest absolute Gasteiger partial charge is 0.496 e. The molecule has 0 fully saturated rings. The Kier molecular flexibility index (Phi) is 5.43. The van der Waals surface area contributed by atoms with Crippen molar-refractivity contribution < 1.29 is 13.9 Å². The number of halogens is 1. The van der Waals surface area contributed by atoms with Crippen LogP contribution >= 0.6 is 11.3 Å². The molecule has 1 aliphatic rings. The van der Waals surface area contributed by atoms with Gasteiger partial charge in [-0.05, 0) is 31.0 Å². The van der Waals surface area contributed by atoms with Gasteiger partial charge in [-0.25, -0.2) is 18.9 Å². The van der Waals surface area contributed by atoms with Crippen LogP contribution in [0.5, 0.6) is 5.75 Å². The second-order valence-corrected chi connectivity index (χ2v) is 7.61. The Balaban J connectivity index is 1.48. The number of nitrogens with one attached hydrogen (secondary N) is 1. The smallest absolute Gasteiger partial charge is 0.346 e. The molecule has 3 aromatic rings. The monoisotopic (exact) mass is 417 g/mol. The maximum Gasteiger partial charge on any atom is 0.346 e. The van der Waals surface area contributed by atoms with Gasteiger partial charge >= 0.3 is 5.69 Å². The highest BCUT2D eigenvalue weighted by molar-refractivity contribution is 7.14. The minimum Gasteiger partial charge on any atom is -0.496 e. The number of rotatable bonds is 5. The summed E-state index contributed by atoms with van der Waals surface area (Å²) in [4.78, 5) is 29.2. The number of carbonyl (C=O) groups excluding carboxylic acids is 1. The molecule has 1 aromatic carbocycles. The zero-order chi connectivity index (χ0) is 20.4. The summed E-state index contributed by atoms with van der Waals surface area (Å²) < 4.78 is 21.7. The molecule has 0 radical (unpaired) electrons. The molecule has 0 atom stereocenters. The van der Waals surface area contributed by atoms with Crippen LogP contribution in [-0.4, -0.2) is 32.3 Å². The fraction of sp³-hybridized carbons (Fsp3) is 0.368. The first-order valence-electron chi connectivity index (χ1n) is 9.31. The summed E-state index contributed by atoms with van der Waals surface area (Å²) >= 11 is 1.21. The molecular formula is C19H20FN5O3S. The SMILES string of the molecule is COc1ccc(F)cc1-c1csc(NC(=O)Cn2nc3n(c2=O)CCCCC3)n1. The van der Waals surface area contributed by atoms with Gasteiger partial charge in [-0.15, -0.1) is 11.3 Å². The zero-order valence-electron chi connectivity index (χ0n) is 15.9. The van der Waals surface area contributed by atoms with Gasteiger partial charge in [-0.1, -0.05) is 6.42 Å². The number of thiazole rings is 1. The molecule has 1 aliphatic heterocycles. The van der Waals surface area contributed by atoms with Crippen LogP contribution in [0.15, 0.2) is 28.4 Å². The van der Waals surface area contributed by atoms with E-state index in [1.807, 2.05) is 0 Å². The van der Waals surface area contributed by atoms with Crippen LogP contribution in [0, 0.1) is 5.82 Å². The number of anilines is 1. The number of nitrogens with zero attached hydrogens (tertiary/aromatic N) is 4. The lowest BCUT2D eigenvalue weighted by Crippen LogP contribution is -2.30. The Labute approximate surface area is 170 Å². The average molecular weight is 417 g/mol. The molecular weight excluding hydrogens is 397 g/mol. The standard InChI is InChI=1S/C19H20FN5O3S/c1-28-15-7-6-12(20)9-13(15)14-11-29-18(21-14)22-17(26)10-25-19(27)24-8-4-2-3-5-16(24)23-25/h6-7,9,11H,2-5,8,10H2,1H3,(H,21,22,26). The average Bonchev–Trinajstić information content (AvgIpc) is 3.18. The Hall–Kier alpha value is -3.01. The van der Waals surface area contributed by atoms with E-state index >= 15 is 0 Å². The van der Waals surface area contributed by atoms with Crippen LogP contribution < -0.4 is 15.7 Å². The lowest BCUT2D eigenvalue weighted by atomic mass is 10.1. The van der Waals surface area contributed by atoms with Crippen molar-refractivity contribution >= 4 is 22.4 Å². The summed E-state index contributed by atoms with van der Waals surface area (Å²) in [7, 11) is 1.50. The Bertz CT molecular complexity index is 1100. The van der Waals surface area contributed by atoms with Crippen molar-refractivity contribution in [3.63, 3.8) is 0 Å². The molecule has 10 heteroatoms. The van der Waals surface area contributed by atoms with Gasteiger partial charge in [0.05, 0.1) is 12.8 Å². The molecule has 1 amide bonds. The van der Waals surface area contributed by atoms with Crippen molar-refractivity contribution in [1.29, 1.82) is 0 Å². The summed E-state index contributed by atoms with van der Waals surface area (Å²) in [6, 6.07) is 4.16. The van der Waals surface area contributed by atoms with Crippen molar-refractivity contribution in [2.24, 2.45) is 0 Å². The van der Waals surface area contributed by atoms with Gasteiger partial charge in [0, 0.05) is 23.9 Å². The van der Waals surface area contributed by atoms with Gasteiger partial charge in [0.15, 0.2) is 5.13 Å². The van der Waals surface area contributed by atoms with Crippen molar-refractivity contribution in [2.75, 3.05) is 12.4 Å². The molecule has 29 heavy (non-hydrogen) atoms. The highest BCUT2D eigenvalue weighted by Crippen LogP contribution is 2.32. The van der Waals surface area contributed by atoms with Crippen molar-refractivity contribution in [3.8, 4) is 17.0 Å². The van der Waals surface area contributed by atoms with Gasteiger partial charge in [-0.2, -0.15) is 5.10 Å². The number of fused-ring (bicyclic) bond motifs is 1. The molecule has 1 N–H and O–H groups in total. The second kappa shape index (κ2) is 8.16. The molecule has 152 valence electrons. The number of benzene rings is 1. The summed E-state index contributed by atoms with van der Waals surface area (Å²) in [6.07, 6.45) is 3.76. The molecule has 0 unspecified atom stereocenters. The molecule has 3 heterocycles. The minimum absolute atomic E-state index is 0.183. The quantitative estimate of drug-likeness (QED) is 0.689. The van der Waals surface area contributed by atoms with Crippen molar-refractivity contribution in [2.45, 2.75) is 38.8 Å². The van der Waals surface area contributed by atoms with Crippen LogP contribution in [0.3, 0.4) is 0 Å². The Morgan fingerprint density at radius 3 is 3.03 bits per heavy atom. The number of ether oxygens (including phenoxy) is 1. The van der Waals surface area contributed by atoms with E-state index in [9.17, 15) is 14.0 Å². The Morgan fingerprint density at radius 2 is 2.21 bits per heavy atom. The number of amides is 1. The van der Waals surface area contributed by atoms with Crippen LogP contribution in [0.4, 0.5) is 9.52 Å². The number of aryl methyl sites for hydroxylation is 1. The third-order valence-electron chi connectivity index (χ3n) is 4.76. The minimum atomic E-state index is -0.404. The summed E-state index contributed by atoms with van der Waals surface area (Å²) in [5.41, 5.74) is 0.729. The molecule has 0 aliphatic carbocycles. The van der Waals surface area contributed by atoms with Gasteiger partial charge in [0.25, 0.3) is 0 Å². The number of hydrogen-bond donors (Lipinski definition) is 1. The lowest BCUT2D eigenvalue weighted by Gasteiger charge is -2.06. The van der Waals surface area contributed by atoms with E-state index in [2.05, 4.69) is 15.4 Å². The molecule has 0 saturated heterocycles. The second-order valence-electron chi connectivity index (χ2n) is 6.75. The summed E-state index contributed by atoms with van der Waals surface area (Å²) in [5.74, 6) is 0.418. The van der Waals surface area contributed by atoms with Gasteiger partial charge in [0.1, 0.15) is 23.9 Å². The molecule has 0 bridgehead atoms. The van der Waals surface area contributed by atoms with E-state index in [1.165, 1.54) is 41.3 Å². The predicted octanol–water partition coefficient (Wildman–Crippen LogP) is 2.68. The van der Waals surface area contributed by atoms with E-state index in [0.29, 0.717) is 28.7 Å². The molecule has 0 spiro atoms. The van der Waals surface area contributed by atoms with E-state index < -0.39 is 11.7 Å². The van der Waals surface area contributed by atoms with E-state index in [0.717, 1.165) is 31.5 Å². The Morgan fingerprint density at radius 1 is 1.34 bits per heavy atom. The van der Waals surface area contributed by atoms with E-state index in [4.69, 9.17) is 4.74 Å². The molecule has 0 saturated carbocycles. The fourth-order valence-electron chi connectivity index (χ4n) is 3.36. The van der Waals surface area contributed by atoms with Crippen molar-refractivity contribution in [3.05, 3.63) is 45.7 Å². The highest BCUT2D eigenvalue weighted by Gasteiger charge is 2.18. The van der Waals surface area contributed by atoms with Crippen LogP contribution in [0.1, 0.15) is 25.1 Å². The lowest BCUT2D eigenvalue weighted by molar-refractivity contribution is -0.117. The number of hydrogen-bond acceptors (Lipinski definition) is 6. The number of aromatic nitrogens is 4. The predicted molar refractivity (Wildman–Crippen MR) is 107 cm³/mol. The molecule has 4 rings (SSSR count). The first-order valence-corrected chi connectivity index (χ1v) is 10.2. The number of carbonyl (C=O) groups is 1.